The molecule has 6 nitrogen and oxygen atoms in total. The molecule has 0 aliphatic rings. The lowest BCUT2D eigenvalue weighted by Gasteiger charge is -2.28. The van der Waals surface area contributed by atoms with E-state index in [0.29, 0.717) is 39.0 Å². The highest BCUT2D eigenvalue weighted by molar-refractivity contribution is 5.68. The first kappa shape index (κ1) is 25.6. The van der Waals surface area contributed by atoms with E-state index >= 15 is 0 Å². The lowest BCUT2D eigenvalue weighted by Crippen LogP contribution is -2.39. The number of hydrogen-bond acceptors (Lipinski definition) is 4. The van der Waals surface area contributed by atoms with Gasteiger partial charge in [0.05, 0.1) is 0 Å². The maximum Gasteiger partial charge on any atom is 0.410 e. The van der Waals surface area contributed by atoms with Crippen molar-refractivity contribution < 1.29 is 19.1 Å². The molecule has 0 rings (SSSR count). The van der Waals surface area contributed by atoms with E-state index in [0.717, 1.165) is 0 Å². The normalized spacial score (nSPS) is 10.9. The summed E-state index contributed by atoms with van der Waals surface area (Å²) in [5.74, 6) is 0. The van der Waals surface area contributed by atoms with Crippen molar-refractivity contribution in [1.29, 1.82) is 0 Å². The summed E-state index contributed by atoms with van der Waals surface area (Å²) in [6, 6.07) is 0. The predicted octanol–water partition coefficient (Wildman–Crippen LogP) is 4.92. The fourth-order valence-electron chi connectivity index (χ4n) is 2.12. The van der Waals surface area contributed by atoms with Crippen LogP contribution in [0.4, 0.5) is 9.59 Å². The van der Waals surface area contributed by atoms with Gasteiger partial charge in [0.15, 0.2) is 0 Å². The Balaban J connectivity index is 4.76. The number of unbranched alkanes of at least 4 members (excludes halogenated alkanes) is 1. The molecule has 2 amide bonds. The second kappa shape index (κ2) is 12.1. The number of hydrogen-bond donors (Lipinski definition) is 0. The SMILES string of the molecule is C=C=CCN(CCCCN(CC=C=C)C(=O)OC(C)(C)C)C(=O)OC(C)(C)C. The minimum atomic E-state index is -0.558. The van der Waals surface area contributed by atoms with Crippen LogP contribution in [0.2, 0.25) is 0 Å². The number of carbonyl (C=O) groups excluding carboxylic acids is 2. The van der Waals surface area contributed by atoms with E-state index in [-0.39, 0.29) is 12.2 Å². The van der Waals surface area contributed by atoms with Crippen molar-refractivity contribution in [3.63, 3.8) is 0 Å². The Morgan fingerprint density at radius 2 is 1.11 bits per heavy atom. The van der Waals surface area contributed by atoms with E-state index in [4.69, 9.17) is 9.47 Å². The van der Waals surface area contributed by atoms with Crippen LogP contribution in [-0.2, 0) is 9.47 Å². The Bertz CT molecular complexity index is 547. The molecular weight excluding hydrogens is 356 g/mol. The zero-order valence-electron chi connectivity index (χ0n) is 18.3. The second-order valence-electron chi connectivity index (χ2n) is 8.38. The molecular formula is C22H36N2O4. The van der Waals surface area contributed by atoms with Crippen molar-refractivity contribution in [3.05, 3.63) is 36.8 Å². The minimum absolute atomic E-state index is 0.377. The first-order chi connectivity index (χ1) is 12.9. The van der Waals surface area contributed by atoms with Crippen molar-refractivity contribution in [2.75, 3.05) is 26.2 Å². The fourth-order valence-corrected chi connectivity index (χ4v) is 2.12. The summed E-state index contributed by atoms with van der Waals surface area (Å²) in [4.78, 5) is 27.9. The molecule has 28 heavy (non-hydrogen) atoms. The van der Waals surface area contributed by atoms with Gasteiger partial charge in [-0.3, -0.25) is 0 Å². The van der Waals surface area contributed by atoms with Gasteiger partial charge in [-0.1, -0.05) is 13.2 Å². The van der Waals surface area contributed by atoms with Gasteiger partial charge >= 0.3 is 12.2 Å². The summed E-state index contributed by atoms with van der Waals surface area (Å²) in [5, 5.41) is 0. The molecule has 0 heterocycles. The Morgan fingerprint density at radius 3 is 1.36 bits per heavy atom. The molecule has 0 fully saturated rings. The van der Waals surface area contributed by atoms with Gasteiger partial charge < -0.3 is 19.3 Å². The molecule has 0 radical (unpaired) electrons. The van der Waals surface area contributed by atoms with E-state index in [9.17, 15) is 9.59 Å². The van der Waals surface area contributed by atoms with E-state index < -0.39 is 11.2 Å². The maximum atomic E-state index is 12.3. The summed E-state index contributed by atoms with van der Waals surface area (Å²) >= 11 is 0. The van der Waals surface area contributed by atoms with Gasteiger partial charge in [-0.25, -0.2) is 9.59 Å². The monoisotopic (exact) mass is 392 g/mol. The molecule has 0 saturated carbocycles. The first-order valence-electron chi connectivity index (χ1n) is 9.54. The van der Waals surface area contributed by atoms with Gasteiger partial charge in [0.25, 0.3) is 0 Å². The number of rotatable bonds is 9. The molecule has 0 aromatic heterocycles. The molecule has 0 aliphatic carbocycles. The average molecular weight is 393 g/mol. The molecule has 0 atom stereocenters. The third-order valence-electron chi connectivity index (χ3n) is 3.32. The van der Waals surface area contributed by atoms with Crippen LogP contribution in [0.1, 0.15) is 54.4 Å². The van der Waals surface area contributed by atoms with Gasteiger partial charge in [0, 0.05) is 26.2 Å². The van der Waals surface area contributed by atoms with Gasteiger partial charge in [0.2, 0.25) is 0 Å². The fraction of sp³-hybridized carbons (Fsp3) is 0.636. The Morgan fingerprint density at radius 1 is 0.786 bits per heavy atom. The van der Waals surface area contributed by atoms with Crippen LogP contribution in [0.15, 0.2) is 36.8 Å². The highest BCUT2D eigenvalue weighted by Gasteiger charge is 2.23. The number of amides is 2. The highest BCUT2D eigenvalue weighted by atomic mass is 16.6. The van der Waals surface area contributed by atoms with Gasteiger partial charge in [-0.2, -0.15) is 0 Å². The summed E-state index contributed by atoms with van der Waals surface area (Å²) < 4.78 is 10.9. The van der Waals surface area contributed by atoms with Crippen molar-refractivity contribution in [2.24, 2.45) is 0 Å². The molecule has 158 valence electrons. The Labute approximate surface area is 170 Å². The zero-order chi connectivity index (χ0) is 21.8. The van der Waals surface area contributed by atoms with Crippen LogP contribution in [0, 0.1) is 0 Å². The molecule has 0 aromatic carbocycles. The van der Waals surface area contributed by atoms with E-state index in [1.54, 1.807) is 22.0 Å². The third-order valence-corrected chi connectivity index (χ3v) is 3.32. The highest BCUT2D eigenvalue weighted by Crippen LogP contribution is 2.12. The van der Waals surface area contributed by atoms with Crippen LogP contribution in [0.25, 0.3) is 0 Å². The maximum absolute atomic E-state index is 12.3. The minimum Gasteiger partial charge on any atom is -0.444 e. The smallest absolute Gasteiger partial charge is 0.410 e. The lowest BCUT2D eigenvalue weighted by molar-refractivity contribution is 0.0234. The van der Waals surface area contributed by atoms with Crippen molar-refractivity contribution >= 4 is 12.2 Å². The van der Waals surface area contributed by atoms with Crippen molar-refractivity contribution in [1.82, 2.24) is 9.80 Å². The van der Waals surface area contributed by atoms with Gasteiger partial charge in [-0.15, -0.1) is 11.5 Å². The van der Waals surface area contributed by atoms with E-state index in [2.05, 4.69) is 24.6 Å². The molecule has 0 bridgehead atoms. The number of ether oxygens (including phenoxy) is 2. The summed E-state index contributed by atoms with van der Waals surface area (Å²) in [5.41, 5.74) is 4.23. The molecule has 0 aromatic rings. The van der Waals surface area contributed by atoms with Crippen molar-refractivity contribution in [3.8, 4) is 0 Å². The van der Waals surface area contributed by atoms with Gasteiger partial charge in [0.1, 0.15) is 11.2 Å². The number of carbonyl (C=O) groups is 2. The van der Waals surface area contributed by atoms with Crippen LogP contribution in [0.5, 0.6) is 0 Å². The van der Waals surface area contributed by atoms with E-state index in [1.807, 2.05) is 41.5 Å². The van der Waals surface area contributed by atoms with Gasteiger partial charge in [-0.05, 0) is 66.5 Å². The topological polar surface area (TPSA) is 59.1 Å². The lowest BCUT2D eigenvalue weighted by atomic mass is 10.2. The second-order valence-corrected chi connectivity index (χ2v) is 8.38. The predicted molar refractivity (Wildman–Crippen MR) is 112 cm³/mol. The molecule has 6 heteroatoms. The van der Waals surface area contributed by atoms with Crippen LogP contribution < -0.4 is 0 Å². The largest absolute Gasteiger partial charge is 0.444 e. The number of nitrogens with zero attached hydrogens (tertiary/aromatic N) is 2. The Kier molecular flexibility index (Phi) is 11.1. The van der Waals surface area contributed by atoms with Crippen LogP contribution in [-0.4, -0.2) is 59.4 Å². The molecule has 0 saturated heterocycles. The average Bonchev–Trinajstić information content (AvgIpc) is 2.53. The van der Waals surface area contributed by atoms with Crippen LogP contribution in [0.3, 0.4) is 0 Å². The van der Waals surface area contributed by atoms with Crippen molar-refractivity contribution in [2.45, 2.75) is 65.6 Å². The zero-order valence-corrected chi connectivity index (χ0v) is 18.3. The quantitative estimate of drug-likeness (QED) is 0.413. The molecule has 0 aliphatic heterocycles. The van der Waals surface area contributed by atoms with Crippen LogP contribution >= 0.6 is 0 Å². The third kappa shape index (κ3) is 12.9. The first-order valence-corrected chi connectivity index (χ1v) is 9.54. The standard InChI is InChI=1S/C22H36N2O4/c1-9-11-15-23(19(25)27-21(3,4)5)17-13-14-18-24(16-12-10-2)20(26)28-22(6,7)8/h11-12H,1-2,13-18H2,3-8H3. The summed E-state index contributed by atoms with van der Waals surface area (Å²) in [6.07, 6.45) is 4.04. The molecule has 0 spiro atoms. The summed E-state index contributed by atoms with van der Waals surface area (Å²) in [7, 11) is 0. The summed E-state index contributed by atoms with van der Waals surface area (Å²) in [6.45, 7) is 19.8. The van der Waals surface area contributed by atoms with E-state index in [1.165, 1.54) is 0 Å². The molecule has 0 N–H and O–H groups in total. The molecule has 0 unspecified atom stereocenters. The Hall–Kier alpha value is -2.42.